The third kappa shape index (κ3) is 3.68. The van der Waals surface area contributed by atoms with Gasteiger partial charge in [-0.05, 0) is 62.5 Å². The molecule has 176 valence electrons. The number of nitriles is 1. The number of allylic oxidation sites excluding steroid dienone is 3. The van der Waals surface area contributed by atoms with E-state index in [9.17, 15) is 14.9 Å². The van der Waals surface area contributed by atoms with Gasteiger partial charge in [0.15, 0.2) is 5.78 Å². The number of ketones is 1. The van der Waals surface area contributed by atoms with Crippen molar-refractivity contribution in [1.82, 2.24) is 0 Å². The summed E-state index contributed by atoms with van der Waals surface area (Å²) in [4.78, 5) is 30.5. The first-order chi connectivity index (χ1) is 16.6. The van der Waals surface area contributed by atoms with Crippen LogP contribution < -0.4 is 10.6 Å². The summed E-state index contributed by atoms with van der Waals surface area (Å²) in [5.41, 5.74) is 10.2. The number of hydrogen-bond donors (Lipinski definition) is 1. The molecule has 2 N–H and O–H groups in total. The number of carbonyl (C=O) groups is 2. The predicted octanol–water partition coefficient (Wildman–Crippen LogP) is 5.56. The number of anilines is 1. The fourth-order valence-corrected chi connectivity index (χ4v) is 7.62. The van der Waals surface area contributed by atoms with Crippen molar-refractivity contribution in [2.24, 2.45) is 5.73 Å². The second-order valence-electron chi connectivity index (χ2n) is 8.80. The number of carbonyl (C=O) groups excluding carboxylic acids is 2. The van der Waals surface area contributed by atoms with E-state index in [0.717, 1.165) is 54.7 Å². The van der Waals surface area contributed by atoms with Crippen LogP contribution in [-0.4, -0.2) is 18.4 Å². The summed E-state index contributed by atoms with van der Waals surface area (Å²) >= 11 is 3.09. The molecule has 8 heteroatoms. The highest BCUT2D eigenvalue weighted by Gasteiger charge is 2.42. The van der Waals surface area contributed by atoms with Crippen molar-refractivity contribution < 1.29 is 14.3 Å². The Hall–Kier alpha value is -2.89. The van der Waals surface area contributed by atoms with Gasteiger partial charge in [-0.15, -0.1) is 22.7 Å². The highest BCUT2D eigenvalue weighted by atomic mass is 32.1. The second-order valence-corrected chi connectivity index (χ2v) is 10.9. The number of thiophene rings is 2. The van der Waals surface area contributed by atoms with E-state index in [2.05, 4.69) is 6.07 Å². The van der Waals surface area contributed by atoms with Crippen LogP contribution in [0.3, 0.4) is 0 Å². The third-order valence-corrected chi connectivity index (χ3v) is 9.04. The van der Waals surface area contributed by atoms with Crippen molar-refractivity contribution >= 4 is 39.4 Å². The Labute approximate surface area is 207 Å². The molecule has 0 radical (unpaired) electrons. The lowest BCUT2D eigenvalue weighted by atomic mass is 9.78. The molecule has 6 nitrogen and oxygen atoms in total. The zero-order chi connectivity index (χ0) is 23.8. The number of hydrogen-bond acceptors (Lipinski definition) is 8. The van der Waals surface area contributed by atoms with Gasteiger partial charge >= 0.3 is 5.97 Å². The van der Waals surface area contributed by atoms with Gasteiger partial charge in [-0.1, -0.05) is 12.5 Å². The molecule has 0 unspecified atom stereocenters. The first kappa shape index (κ1) is 22.9. The quantitative estimate of drug-likeness (QED) is 0.442. The van der Waals surface area contributed by atoms with Crippen molar-refractivity contribution in [1.29, 1.82) is 5.26 Å². The lowest BCUT2D eigenvalue weighted by molar-refractivity contribution is -0.116. The first-order valence-corrected chi connectivity index (χ1v) is 13.6. The molecule has 0 aromatic carbocycles. The number of Topliss-reactive ketones (excluding diaryl/α,β-unsaturated/α-hetero) is 1. The molecule has 5 rings (SSSR count). The van der Waals surface area contributed by atoms with Crippen LogP contribution >= 0.6 is 22.7 Å². The number of aryl methyl sites for hydroxylation is 1. The molecule has 0 amide bonds. The van der Waals surface area contributed by atoms with Gasteiger partial charge < -0.3 is 10.5 Å². The average molecular weight is 494 g/mol. The smallest absolute Gasteiger partial charge is 0.341 e. The Morgan fingerprint density at radius 3 is 2.79 bits per heavy atom. The average Bonchev–Trinajstić information content (AvgIpc) is 3.41. The van der Waals surface area contributed by atoms with Gasteiger partial charge in [0.2, 0.25) is 0 Å². The molecule has 0 bridgehead atoms. The summed E-state index contributed by atoms with van der Waals surface area (Å²) in [5, 5.41) is 12.9. The van der Waals surface area contributed by atoms with Crippen LogP contribution in [0.25, 0.3) is 0 Å². The van der Waals surface area contributed by atoms with E-state index in [1.165, 1.54) is 16.2 Å². The number of rotatable bonds is 4. The van der Waals surface area contributed by atoms with E-state index >= 15 is 0 Å². The second kappa shape index (κ2) is 9.40. The fourth-order valence-electron chi connectivity index (χ4n) is 5.36. The summed E-state index contributed by atoms with van der Waals surface area (Å²) < 4.78 is 5.49. The molecule has 2 aromatic rings. The highest BCUT2D eigenvalue weighted by Crippen LogP contribution is 2.50. The van der Waals surface area contributed by atoms with E-state index in [1.807, 2.05) is 22.4 Å². The SMILES string of the molecule is CCOC(=O)c1c(N2C(N)=C(C#N)[C@H](c3cccs3)C3=C2CCCC3=O)sc2c1CCCCC2. The molecule has 3 heterocycles. The van der Waals surface area contributed by atoms with Gasteiger partial charge in [0.1, 0.15) is 10.8 Å². The number of nitrogens with zero attached hydrogens (tertiary/aromatic N) is 2. The summed E-state index contributed by atoms with van der Waals surface area (Å²) in [6.45, 7) is 2.09. The molecule has 1 aliphatic heterocycles. The summed E-state index contributed by atoms with van der Waals surface area (Å²) in [6, 6.07) is 6.20. The zero-order valence-electron chi connectivity index (χ0n) is 19.2. The summed E-state index contributed by atoms with van der Waals surface area (Å²) in [5.74, 6) is -0.433. The van der Waals surface area contributed by atoms with Crippen LogP contribution in [0.1, 0.15) is 77.0 Å². The maximum absolute atomic E-state index is 13.3. The monoisotopic (exact) mass is 493 g/mol. The van der Waals surface area contributed by atoms with Crippen LogP contribution in [0.4, 0.5) is 5.00 Å². The van der Waals surface area contributed by atoms with Gasteiger partial charge in [0, 0.05) is 27.4 Å². The van der Waals surface area contributed by atoms with Crippen LogP contribution in [0.2, 0.25) is 0 Å². The Bertz CT molecular complexity index is 1250. The Morgan fingerprint density at radius 1 is 1.24 bits per heavy atom. The molecule has 0 saturated heterocycles. The van der Waals surface area contributed by atoms with Crippen LogP contribution in [0, 0.1) is 11.3 Å². The van der Waals surface area contributed by atoms with Gasteiger partial charge in [-0.3, -0.25) is 9.69 Å². The minimum Gasteiger partial charge on any atom is -0.462 e. The summed E-state index contributed by atoms with van der Waals surface area (Å²) in [6.07, 6.45) is 6.83. The summed E-state index contributed by atoms with van der Waals surface area (Å²) in [7, 11) is 0. The molecule has 1 atom stereocenters. The number of fused-ring (bicyclic) bond motifs is 1. The molecule has 2 aliphatic carbocycles. The van der Waals surface area contributed by atoms with E-state index < -0.39 is 5.92 Å². The zero-order valence-corrected chi connectivity index (χ0v) is 20.8. The van der Waals surface area contributed by atoms with Gasteiger partial charge in [-0.2, -0.15) is 5.26 Å². The maximum atomic E-state index is 13.3. The number of nitrogens with two attached hydrogens (primary N) is 1. The van der Waals surface area contributed by atoms with E-state index in [4.69, 9.17) is 10.5 Å². The van der Waals surface area contributed by atoms with Crippen molar-refractivity contribution in [3.05, 3.63) is 61.1 Å². The van der Waals surface area contributed by atoms with Gasteiger partial charge in [0.25, 0.3) is 0 Å². The van der Waals surface area contributed by atoms with Crippen molar-refractivity contribution in [2.75, 3.05) is 11.5 Å². The molecular formula is C26H27N3O3S2. The van der Waals surface area contributed by atoms with Crippen molar-refractivity contribution in [2.45, 2.75) is 64.2 Å². The van der Waals surface area contributed by atoms with Crippen molar-refractivity contribution in [3.8, 4) is 6.07 Å². The molecule has 3 aliphatic rings. The Morgan fingerprint density at radius 2 is 2.06 bits per heavy atom. The number of esters is 1. The van der Waals surface area contributed by atoms with Crippen molar-refractivity contribution in [3.63, 3.8) is 0 Å². The Balaban J connectivity index is 1.76. The lowest BCUT2D eigenvalue weighted by Crippen LogP contribution is -2.38. The van der Waals surface area contributed by atoms with Crippen LogP contribution in [0.15, 0.2) is 40.2 Å². The largest absolute Gasteiger partial charge is 0.462 e. The topological polar surface area (TPSA) is 96.4 Å². The normalized spacial score (nSPS) is 20.5. The predicted molar refractivity (Wildman–Crippen MR) is 134 cm³/mol. The molecular weight excluding hydrogens is 466 g/mol. The van der Waals surface area contributed by atoms with E-state index in [1.54, 1.807) is 18.3 Å². The molecule has 0 spiro atoms. The fraction of sp³-hybridized carbons (Fsp3) is 0.423. The third-order valence-electron chi connectivity index (χ3n) is 6.83. The standard InChI is InChI=1S/C26H27N3O3S2/c1-2-32-26(31)22-15-8-4-3-5-11-19(15)34-25(22)29-17-9-6-10-18(30)23(17)21(16(14-27)24(29)28)20-12-7-13-33-20/h7,12-13,21H,2-6,8-11,28H2,1H3/t21-/m1/s1. The number of ether oxygens (including phenoxy) is 1. The molecule has 0 saturated carbocycles. The van der Waals surface area contributed by atoms with E-state index in [0.29, 0.717) is 40.4 Å². The lowest BCUT2D eigenvalue weighted by Gasteiger charge is -2.39. The Kier molecular flexibility index (Phi) is 6.32. The minimum absolute atomic E-state index is 0.0562. The van der Waals surface area contributed by atoms with Gasteiger partial charge in [-0.25, -0.2) is 4.79 Å². The van der Waals surface area contributed by atoms with Crippen LogP contribution in [-0.2, 0) is 22.4 Å². The molecule has 0 fully saturated rings. The maximum Gasteiger partial charge on any atom is 0.341 e. The minimum atomic E-state index is -0.451. The first-order valence-electron chi connectivity index (χ1n) is 11.9. The highest BCUT2D eigenvalue weighted by molar-refractivity contribution is 7.16. The van der Waals surface area contributed by atoms with E-state index in [-0.39, 0.29) is 18.4 Å². The van der Waals surface area contributed by atoms with Gasteiger partial charge in [0.05, 0.1) is 29.7 Å². The molecule has 34 heavy (non-hydrogen) atoms. The van der Waals surface area contributed by atoms with Crippen LogP contribution in [0.5, 0.6) is 0 Å². The molecule has 2 aromatic heterocycles.